The Morgan fingerprint density at radius 3 is 1.91 bits per heavy atom. The van der Waals surface area contributed by atoms with Crippen LogP contribution >= 0.6 is 0 Å². The summed E-state index contributed by atoms with van der Waals surface area (Å²) in [7, 11) is 0. The van der Waals surface area contributed by atoms with E-state index >= 15 is 0 Å². The Morgan fingerprint density at radius 2 is 1.36 bits per heavy atom. The maximum absolute atomic E-state index is 2.62. The summed E-state index contributed by atoms with van der Waals surface area (Å²) in [5.74, 6) is 3.08. The lowest BCUT2D eigenvalue weighted by Crippen LogP contribution is -2.64. The fourth-order valence-electron chi connectivity index (χ4n) is 6.48. The zero-order chi connectivity index (χ0) is 14.6. The molecule has 1 aromatic rings. The topological polar surface area (TPSA) is 7.12 Å². The van der Waals surface area contributed by atoms with E-state index in [1.54, 1.807) is 0 Å². The van der Waals surface area contributed by atoms with Gasteiger partial charge in [-0.2, -0.15) is 4.57 Å². The first-order valence-electron chi connectivity index (χ1n) is 9.57. The molecule has 0 spiro atoms. The van der Waals surface area contributed by atoms with Gasteiger partial charge in [0, 0.05) is 50.2 Å². The molecule has 2 heteroatoms. The molecular formula is C20H29N2+. The van der Waals surface area contributed by atoms with E-state index in [0.29, 0.717) is 5.54 Å². The van der Waals surface area contributed by atoms with E-state index in [2.05, 4.69) is 34.0 Å². The molecule has 5 fully saturated rings. The second-order valence-corrected chi connectivity index (χ2v) is 8.65. The zero-order valence-electron chi connectivity index (χ0n) is 13.7. The fraction of sp³-hybridized carbons (Fsp3) is 0.750. The van der Waals surface area contributed by atoms with Crippen molar-refractivity contribution >= 4 is 5.69 Å². The lowest BCUT2D eigenvalue weighted by atomic mass is 9.53. The van der Waals surface area contributed by atoms with E-state index in [-0.39, 0.29) is 0 Å². The predicted molar refractivity (Wildman–Crippen MR) is 88.8 cm³/mol. The van der Waals surface area contributed by atoms with Gasteiger partial charge in [-0.25, -0.2) is 0 Å². The predicted octanol–water partition coefficient (Wildman–Crippen LogP) is 3.89. The number of piperidine rings is 1. The first-order valence-corrected chi connectivity index (χ1v) is 9.57. The summed E-state index contributed by atoms with van der Waals surface area (Å²) in [6.45, 7) is 2.50. The number of anilines is 1. The van der Waals surface area contributed by atoms with Crippen molar-refractivity contribution in [2.24, 2.45) is 17.8 Å². The van der Waals surface area contributed by atoms with Crippen LogP contribution in [-0.2, 0) is 5.54 Å². The highest BCUT2D eigenvalue weighted by molar-refractivity contribution is 5.44. The van der Waals surface area contributed by atoms with Crippen molar-refractivity contribution in [1.82, 2.24) is 0 Å². The maximum atomic E-state index is 2.62. The van der Waals surface area contributed by atoms with E-state index in [1.807, 2.05) is 0 Å². The van der Waals surface area contributed by atoms with Crippen LogP contribution in [0.5, 0.6) is 0 Å². The van der Waals surface area contributed by atoms with E-state index in [1.165, 1.54) is 76.6 Å². The average molecular weight is 297 g/mol. The van der Waals surface area contributed by atoms with Gasteiger partial charge in [0.1, 0.15) is 0 Å². The Morgan fingerprint density at radius 1 is 0.818 bits per heavy atom. The normalized spacial score (nSPS) is 40.2. The maximum Gasteiger partial charge on any atom is 0.171 e. The minimum Gasteiger partial charge on any atom is -0.371 e. The lowest BCUT2D eigenvalue weighted by molar-refractivity contribution is -0.776. The van der Waals surface area contributed by atoms with Crippen molar-refractivity contribution in [2.45, 2.75) is 63.3 Å². The van der Waals surface area contributed by atoms with E-state index in [0.717, 1.165) is 17.8 Å². The summed E-state index contributed by atoms with van der Waals surface area (Å²) in [5.41, 5.74) is 1.93. The number of hydrogen-bond acceptors (Lipinski definition) is 1. The van der Waals surface area contributed by atoms with Gasteiger partial charge in [0.15, 0.2) is 17.9 Å². The molecule has 2 heterocycles. The molecule has 0 atom stereocenters. The highest BCUT2D eigenvalue weighted by Gasteiger charge is 2.56. The molecule has 1 aromatic heterocycles. The van der Waals surface area contributed by atoms with Gasteiger partial charge in [0.2, 0.25) is 0 Å². The van der Waals surface area contributed by atoms with Crippen LogP contribution in [0.4, 0.5) is 5.69 Å². The van der Waals surface area contributed by atoms with Crippen LogP contribution in [-0.4, -0.2) is 13.1 Å². The Balaban J connectivity index is 1.41. The van der Waals surface area contributed by atoms with Crippen LogP contribution in [0.1, 0.15) is 57.8 Å². The summed E-state index contributed by atoms with van der Waals surface area (Å²) < 4.78 is 2.62. The van der Waals surface area contributed by atoms with Gasteiger partial charge in [-0.15, -0.1) is 0 Å². The van der Waals surface area contributed by atoms with Gasteiger partial charge in [-0.3, -0.25) is 0 Å². The third-order valence-electron chi connectivity index (χ3n) is 7.09. The van der Waals surface area contributed by atoms with Crippen LogP contribution < -0.4 is 9.47 Å². The van der Waals surface area contributed by atoms with Crippen molar-refractivity contribution in [1.29, 1.82) is 0 Å². The molecule has 4 saturated carbocycles. The van der Waals surface area contributed by atoms with Gasteiger partial charge in [0.05, 0.1) is 0 Å². The SMILES string of the molecule is c1c[n+](C23CC4CC(CC(C4)C2)C3)ccc1N1CCCCC1. The molecule has 4 aliphatic carbocycles. The van der Waals surface area contributed by atoms with E-state index < -0.39 is 0 Å². The molecule has 0 amide bonds. The summed E-state index contributed by atoms with van der Waals surface area (Å²) in [5, 5.41) is 0. The smallest absolute Gasteiger partial charge is 0.171 e. The Labute approximate surface area is 134 Å². The van der Waals surface area contributed by atoms with Crippen molar-refractivity contribution in [3.8, 4) is 0 Å². The number of rotatable bonds is 2. The molecule has 4 bridgehead atoms. The van der Waals surface area contributed by atoms with Gasteiger partial charge < -0.3 is 4.90 Å². The van der Waals surface area contributed by atoms with E-state index in [9.17, 15) is 0 Å². The number of hydrogen-bond donors (Lipinski definition) is 0. The fourth-order valence-corrected chi connectivity index (χ4v) is 6.48. The first kappa shape index (κ1) is 13.4. The third kappa shape index (κ3) is 2.10. The monoisotopic (exact) mass is 297 g/mol. The lowest BCUT2D eigenvalue weighted by Gasteiger charge is -2.53. The van der Waals surface area contributed by atoms with Crippen molar-refractivity contribution in [2.75, 3.05) is 18.0 Å². The molecule has 5 aliphatic rings. The minimum atomic E-state index is 0.481. The summed E-state index contributed by atoms with van der Waals surface area (Å²) >= 11 is 0. The molecule has 0 unspecified atom stereocenters. The number of pyridine rings is 1. The Kier molecular flexibility index (Phi) is 3.03. The standard InChI is InChI=1S/C20H29N2/c1-2-6-21(7-3-1)19-4-8-22(9-5-19)20-13-16-10-17(14-20)12-18(11-16)15-20/h4-5,8-9,16-18H,1-3,6-7,10-15H2/q+1. The zero-order valence-corrected chi connectivity index (χ0v) is 13.7. The van der Waals surface area contributed by atoms with Crippen LogP contribution in [0.25, 0.3) is 0 Å². The third-order valence-corrected chi connectivity index (χ3v) is 7.09. The highest BCUT2D eigenvalue weighted by Crippen LogP contribution is 2.56. The van der Waals surface area contributed by atoms with Crippen LogP contribution in [0.2, 0.25) is 0 Å². The molecular weight excluding hydrogens is 268 g/mol. The number of aromatic nitrogens is 1. The Hall–Kier alpha value is -1.05. The van der Waals surface area contributed by atoms with Crippen molar-refractivity contribution in [3.05, 3.63) is 24.5 Å². The van der Waals surface area contributed by atoms with Crippen molar-refractivity contribution in [3.63, 3.8) is 0 Å². The highest BCUT2D eigenvalue weighted by atomic mass is 15.1. The molecule has 1 aliphatic heterocycles. The molecule has 6 rings (SSSR count). The van der Waals surface area contributed by atoms with Gasteiger partial charge in [-0.1, -0.05) is 0 Å². The molecule has 0 N–H and O–H groups in total. The molecule has 1 saturated heterocycles. The van der Waals surface area contributed by atoms with Gasteiger partial charge >= 0.3 is 0 Å². The van der Waals surface area contributed by atoms with Gasteiger partial charge in [0.25, 0.3) is 0 Å². The summed E-state index contributed by atoms with van der Waals surface area (Å²) in [6.07, 6.45) is 17.9. The molecule has 0 aromatic carbocycles. The molecule has 0 radical (unpaired) electrons. The van der Waals surface area contributed by atoms with E-state index in [4.69, 9.17) is 0 Å². The summed E-state index contributed by atoms with van der Waals surface area (Å²) in [4.78, 5) is 2.58. The second kappa shape index (κ2) is 4.97. The van der Waals surface area contributed by atoms with Crippen LogP contribution in [0.15, 0.2) is 24.5 Å². The number of nitrogens with zero attached hydrogens (tertiary/aromatic N) is 2. The van der Waals surface area contributed by atoms with Gasteiger partial charge in [-0.05, 0) is 56.3 Å². The summed E-state index contributed by atoms with van der Waals surface area (Å²) in [6, 6.07) is 4.79. The quantitative estimate of drug-likeness (QED) is 0.751. The van der Waals surface area contributed by atoms with Crippen molar-refractivity contribution < 1.29 is 4.57 Å². The molecule has 118 valence electrons. The van der Waals surface area contributed by atoms with Crippen LogP contribution in [0, 0.1) is 17.8 Å². The Bertz CT molecular complexity index is 506. The first-order chi connectivity index (χ1) is 10.8. The second-order valence-electron chi connectivity index (χ2n) is 8.65. The average Bonchev–Trinajstić information content (AvgIpc) is 2.55. The molecule has 2 nitrogen and oxygen atoms in total. The van der Waals surface area contributed by atoms with Crippen LogP contribution in [0.3, 0.4) is 0 Å². The largest absolute Gasteiger partial charge is 0.371 e. The minimum absolute atomic E-state index is 0.481. The molecule has 22 heavy (non-hydrogen) atoms.